The highest BCUT2D eigenvalue weighted by molar-refractivity contribution is 8.00. The summed E-state index contributed by atoms with van der Waals surface area (Å²) in [6, 6.07) is 32.0. The second kappa shape index (κ2) is 18.4. The summed E-state index contributed by atoms with van der Waals surface area (Å²) in [5, 5.41) is 8.28. The Balaban J connectivity index is 1.26. The van der Waals surface area contributed by atoms with E-state index in [1.165, 1.54) is 30.0 Å². The number of rotatable bonds is 13. The van der Waals surface area contributed by atoms with Crippen molar-refractivity contribution in [1.82, 2.24) is 10.2 Å². The molecule has 286 valence electrons. The lowest BCUT2D eigenvalue weighted by Crippen LogP contribution is -2.34. The monoisotopic (exact) mass is 788 g/mol. The minimum Gasteiger partial charge on any atom is -0.497 e. The Morgan fingerprint density at radius 1 is 0.893 bits per heavy atom. The average molecular weight is 789 g/mol. The Morgan fingerprint density at radius 3 is 2.34 bits per heavy atom. The fourth-order valence-electron chi connectivity index (χ4n) is 6.08. The van der Waals surface area contributed by atoms with Gasteiger partial charge in [0, 0.05) is 34.5 Å². The zero-order valence-electron chi connectivity index (χ0n) is 31.0. The van der Waals surface area contributed by atoms with E-state index in [4.69, 9.17) is 9.47 Å². The predicted octanol–water partition coefficient (Wildman–Crippen LogP) is 7.72. The van der Waals surface area contributed by atoms with Crippen LogP contribution in [0.3, 0.4) is 0 Å². The van der Waals surface area contributed by atoms with E-state index in [9.17, 15) is 24.0 Å². The Hall–Kier alpha value is -6.18. The number of ether oxygens (including phenoxy) is 2. The summed E-state index contributed by atoms with van der Waals surface area (Å²) in [6.45, 7) is 4.22. The van der Waals surface area contributed by atoms with Crippen LogP contribution in [0.2, 0.25) is 0 Å². The molecule has 4 amide bonds. The van der Waals surface area contributed by atoms with Gasteiger partial charge in [0.25, 0.3) is 11.8 Å². The van der Waals surface area contributed by atoms with Crippen LogP contribution in [0.1, 0.15) is 61.4 Å². The number of carbonyl (C=O) groups excluding carboxylic acids is 5. The Labute approximate surface area is 333 Å². The highest BCUT2D eigenvalue weighted by atomic mass is 32.2. The number of thiophene rings is 1. The van der Waals surface area contributed by atoms with Crippen molar-refractivity contribution in [2.45, 2.75) is 37.0 Å². The Morgan fingerprint density at radius 2 is 1.62 bits per heavy atom. The van der Waals surface area contributed by atoms with Gasteiger partial charge in [0.2, 0.25) is 11.8 Å². The fourth-order valence-corrected chi connectivity index (χ4v) is 8.42. The first kappa shape index (κ1) is 39.5. The minimum absolute atomic E-state index is 0.00849. The summed E-state index contributed by atoms with van der Waals surface area (Å²) < 4.78 is 10.7. The molecule has 6 rings (SSSR count). The first-order valence-electron chi connectivity index (χ1n) is 17.9. The van der Waals surface area contributed by atoms with E-state index in [0.717, 1.165) is 16.0 Å². The zero-order chi connectivity index (χ0) is 39.6. The molecule has 1 aliphatic rings. The maximum Gasteiger partial charge on any atom is 0.341 e. The first-order valence-corrected chi connectivity index (χ1v) is 19.6. The van der Waals surface area contributed by atoms with Crippen molar-refractivity contribution in [2.24, 2.45) is 0 Å². The normalized spacial score (nSPS) is 12.8. The number of nitrogens with one attached hydrogen (secondary N) is 3. The molecule has 1 aromatic heterocycles. The largest absolute Gasteiger partial charge is 0.497 e. The maximum atomic E-state index is 14.3. The van der Waals surface area contributed by atoms with Gasteiger partial charge in [0.1, 0.15) is 21.7 Å². The molecule has 56 heavy (non-hydrogen) atoms. The zero-order valence-corrected chi connectivity index (χ0v) is 32.6. The molecule has 0 radical (unpaired) electrons. The van der Waals surface area contributed by atoms with Gasteiger partial charge in [0.05, 0.1) is 25.8 Å². The first-order chi connectivity index (χ1) is 27.1. The number of nitrogens with zero attached hydrogens (tertiary/aromatic N) is 1. The van der Waals surface area contributed by atoms with Crippen molar-refractivity contribution >= 4 is 69.5 Å². The molecule has 0 bridgehead atoms. The number of fused-ring (bicyclic) bond motifs is 1. The van der Waals surface area contributed by atoms with E-state index >= 15 is 0 Å². The van der Waals surface area contributed by atoms with Gasteiger partial charge in [0.15, 0.2) is 0 Å². The van der Waals surface area contributed by atoms with Crippen LogP contribution in [0.5, 0.6) is 5.75 Å². The number of hydrogen-bond donors (Lipinski definition) is 3. The summed E-state index contributed by atoms with van der Waals surface area (Å²) in [5.41, 5.74) is 3.29. The lowest BCUT2D eigenvalue weighted by molar-refractivity contribution is -0.129. The molecule has 4 aromatic carbocycles. The van der Waals surface area contributed by atoms with E-state index in [0.29, 0.717) is 57.5 Å². The number of amides is 4. The Bertz CT molecular complexity index is 2270. The molecule has 13 heteroatoms. The van der Waals surface area contributed by atoms with Crippen molar-refractivity contribution in [3.05, 3.63) is 148 Å². The molecular formula is C43H40N4O7S2. The summed E-state index contributed by atoms with van der Waals surface area (Å²) in [6.07, 6.45) is 2.04. The third kappa shape index (κ3) is 9.73. The van der Waals surface area contributed by atoms with E-state index in [1.54, 1.807) is 97.8 Å². The number of anilines is 2. The number of methoxy groups -OCH3 is 1. The summed E-state index contributed by atoms with van der Waals surface area (Å²) in [4.78, 5) is 69.9. The molecule has 1 atom stereocenters. The van der Waals surface area contributed by atoms with Gasteiger partial charge in [-0.15, -0.1) is 23.1 Å². The molecule has 0 fully saturated rings. The lowest BCUT2D eigenvalue weighted by Gasteiger charge is -2.25. The summed E-state index contributed by atoms with van der Waals surface area (Å²) >= 11 is 2.55. The second-order valence-electron chi connectivity index (χ2n) is 12.7. The van der Waals surface area contributed by atoms with Gasteiger partial charge in [-0.05, 0) is 78.6 Å². The topological polar surface area (TPSA) is 143 Å². The standard InChI is InChI=1S/C43H40N4O7S2/c1-4-54-43(52)37-34-21-22-47(27(2)48)26-36(34)56-42(37)46-41(51)38(29-14-7-5-8-15-29)55-33-20-12-18-31(25-33)44-40(50)35(24-28-13-11-19-32(23-28)53-3)45-39(49)30-16-9-6-10-17-30/h5-20,23-25,38H,4,21-22,26H2,1-3H3,(H,44,50)(H,45,49)(H,46,51)/b35-24-. The predicted molar refractivity (Wildman–Crippen MR) is 219 cm³/mol. The molecule has 11 nitrogen and oxygen atoms in total. The molecule has 1 aliphatic heterocycles. The molecule has 5 aromatic rings. The van der Waals surface area contributed by atoms with Gasteiger partial charge in [-0.3, -0.25) is 19.2 Å². The third-order valence-corrected chi connectivity index (χ3v) is 11.2. The van der Waals surface area contributed by atoms with Crippen LogP contribution in [0.4, 0.5) is 10.7 Å². The van der Waals surface area contributed by atoms with Gasteiger partial charge < -0.3 is 30.3 Å². The van der Waals surface area contributed by atoms with Gasteiger partial charge >= 0.3 is 5.97 Å². The lowest BCUT2D eigenvalue weighted by atomic mass is 10.0. The molecule has 0 saturated carbocycles. The van der Waals surface area contributed by atoms with Crippen LogP contribution >= 0.6 is 23.1 Å². The van der Waals surface area contributed by atoms with Crippen LogP contribution in [0, 0.1) is 0 Å². The second-order valence-corrected chi connectivity index (χ2v) is 14.9. The number of carbonyl (C=O) groups is 5. The Kier molecular flexibility index (Phi) is 13.0. The third-order valence-electron chi connectivity index (χ3n) is 8.84. The molecule has 1 unspecified atom stereocenters. The van der Waals surface area contributed by atoms with Gasteiger partial charge in [-0.1, -0.05) is 66.7 Å². The van der Waals surface area contributed by atoms with Crippen molar-refractivity contribution in [1.29, 1.82) is 0 Å². The van der Waals surface area contributed by atoms with Crippen LogP contribution in [0.25, 0.3) is 6.08 Å². The number of benzene rings is 4. The highest BCUT2D eigenvalue weighted by Crippen LogP contribution is 2.41. The molecular weight excluding hydrogens is 749 g/mol. The molecule has 0 spiro atoms. The van der Waals surface area contributed by atoms with Crippen LogP contribution in [0.15, 0.2) is 120 Å². The number of thioether (sulfide) groups is 1. The average Bonchev–Trinajstić information content (AvgIpc) is 3.57. The van der Waals surface area contributed by atoms with Gasteiger partial charge in [-0.2, -0.15) is 0 Å². The minimum atomic E-state index is -0.765. The summed E-state index contributed by atoms with van der Waals surface area (Å²) in [7, 11) is 1.55. The maximum absolute atomic E-state index is 14.3. The van der Waals surface area contributed by atoms with Gasteiger partial charge in [-0.25, -0.2) is 4.79 Å². The van der Waals surface area contributed by atoms with E-state index in [-0.39, 0.29) is 24.1 Å². The van der Waals surface area contributed by atoms with Crippen molar-refractivity contribution in [3.63, 3.8) is 0 Å². The smallest absolute Gasteiger partial charge is 0.341 e. The quantitative estimate of drug-likeness (QED) is 0.0626. The van der Waals surface area contributed by atoms with Crippen LogP contribution in [-0.2, 0) is 32.1 Å². The molecule has 0 saturated heterocycles. The van der Waals surface area contributed by atoms with E-state index in [2.05, 4.69) is 16.0 Å². The van der Waals surface area contributed by atoms with E-state index < -0.39 is 23.0 Å². The fraction of sp³-hybridized carbons (Fsp3) is 0.186. The van der Waals surface area contributed by atoms with Crippen LogP contribution < -0.4 is 20.7 Å². The number of esters is 1. The van der Waals surface area contributed by atoms with Crippen LogP contribution in [-0.4, -0.2) is 54.8 Å². The van der Waals surface area contributed by atoms with Crippen molar-refractivity contribution in [2.75, 3.05) is 30.9 Å². The highest BCUT2D eigenvalue weighted by Gasteiger charge is 2.32. The van der Waals surface area contributed by atoms with Crippen molar-refractivity contribution in [3.8, 4) is 5.75 Å². The molecule has 2 heterocycles. The number of hydrogen-bond acceptors (Lipinski definition) is 9. The van der Waals surface area contributed by atoms with E-state index in [1.807, 2.05) is 36.4 Å². The molecule has 3 N–H and O–H groups in total. The van der Waals surface area contributed by atoms with Crippen molar-refractivity contribution < 1.29 is 33.4 Å². The molecule has 0 aliphatic carbocycles. The summed E-state index contributed by atoms with van der Waals surface area (Å²) in [5.74, 6) is -1.38. The SMILES string of the molecule is CCOC(=O)c1c(NC(=O)C(Sc2cccc(NC(=O)/C(=C/c3cccc(OC)c3)NC(=O)c3ccccc3)c2)c2ccccc2)sc2c1CCN(C(C)=O)C2.